The zero-order valence-corrected chi connectivity index (χ0v) is 16.1. The molecule has 8 nitrogen and oxygen atoms in total. The molecule has 0 atom stereocenters. The highest BCUT2D eigenvalue weighted by molar-refractivity contribution is 6.10. The van der Waals surface area contributed by atoms with Crippen molar-refractivity contribution >= 4 is 17.7 Å². The second-order valence-corrected chi connectivity index (χ2v) is 7.38. The van der Waals surface area contributed by atoms with E-state index < -0.39 is 5.97 Å². The number of carbonyl (C=O) groups excluding carboxylic acids is 2. The van der Waals surface area contributed by atoms with Crippen molar-refractivity contribution in [3.05, 3.63) is 58.9 Å². The standard InChI is InChI=1S/C21H19N5O3/c1-12-8-16-13(9-15(12)21(28)29-2)10-25(20(16)27)18-5-3-4-17(23-18)19-24-22-11-26(19)14-6-7-14/h3-5,8-9,11,14H,6-7,10H2,1-2H3. The number of pyridine rings is 1. The number of carbonyl (C=O) groups is 2. The number of anilines is 1. The minimum atomic E-state index is -0.407. The number of benzene rings is 1. The fourth-order valence-corrected chi connectivity index (χ4v) is 3.73. The van der Waals surface area contributed by atoms with Crippen LogP contribution >= 0.6 is 0 Å². The maximum Gasteiger partial charge on any atom is 0.338 e. The van der Waals surface area contributed by atoms with Gasteiger partial charge >= 0.3 is 5.97 Å². The lowest BCUT2D eigenvalue weighted by atomic mass is 10.0. The number of esters is 1. The van der Waals surface area contributed by atoms with Crippen molar-refractivity contribution in [2.45, 2.75) is 32.4 Å². The van der Waals surface area contributed by atoms with E-state index in [0.717, 1.165) is 18.4 Å². The molecule has 1 amide bonds. The molecular formula is C21H19N5O3. The summed E-state index contributed by atoms with van der Waals surface area (Å²) in [6, 6.07) is 9.46. The molecule has 1 aliphatic heterocycles. The van der Waals surface area contributed by atoms with Crippen LogP contribution in [0.3, 0.4) is 0 Å². The lowest BCUT2D eigenvalue weighted by Crippen LogP contribution is -2.24. The quantitative estimate of drug-likeness (QED) is 0.637. The molecule has 1 aromatic carbocycles. The van der Waals surface area contributed by atoms with Crippen LogP contribution in [0.4, 0.5) is 5.82 Å². The van der Waals surface area contributed by atoms with Crippen molar-refractivity contribution in [2.75, 3.05) is 12.0 Å². The Morgan fingerprint density at radius 2 is 2.07 bits per heavy atom. The third kappa shape index (κ3) is 2.88. The largest absolute Gasteiger partial charge is 0.465 e. The summed E-state index contributed by atoms with van der Waals surface area (Å²) in [5.41, 5.74) is 3.24. The number of hydrogen-bond donors (Lipinski definition) is 0. The number of rotatable bonds is 4. The summed E-state index contributed by atoms with van der Waals surface area (Å²) in [6.45, 7) is 2.15. The van der Waals surface area contributed by atoms with E-state index >= 15 is 0 Å². The van der Waals surface area contributed by atoms with Gasteiger partial charge in [-0.15, -0.1) is 10.2 Å². The summed E-state index contributed by atoms with van der Waals surface area (Å²) in [7, 11) is 1.35. The molecule has 0 unspecified atom stereocenters. The second-order valence-electron chi connectivity index (χ2n) is 7.38. The van der Waals surface area contributed by atoms with Crippen LogP contribution in [-0.2, 0) is 11.3 Å². The van der Waals surface area contributed by atoms with Crippen molar-refractivity contribution in [3.8, 4) is 11.5 Å². The van der Waals surface area contributed by atoms with Crippen molar-refractivity contribution in [1.29, 1.82) is 0 Å². The van der Waals surface area contributed by atoms with E-state index in [1.165, 1.54) is 7.11 Å². The molecule has 0 spiro atoms. The molecule has 0 N–H and O–H groups in total. The number of aryl methyl sites for hydroxylation is 1. The molecule has 0 bridgehead atoms. The summed E-state index contributed by atoms with van der Waals surface area (Å²) in [6.07, 6.45) is 3.97. The summed E-state index contributed by atoms with van der Waals surface area (Å²) in [5, 5.41) is 8.25. The molecule has 1 saturated carbocycles. The van der Waals surface area contributed by atoms with Gasteiger partial charge in [0.05, 0.1) is 19.2 Å². The molecule has 29 heavy (non-hydrogen) atoms. The maximum absolute atomic E-state index is 13.0. The fourth-order valence-electron chi connectivity index (χ4n) is 3.73. The van der Waals surface area contributed by atoms with E-state index in [-0.39, 0.29) is 5.91 Å². The third-order valence-electron chi connectivity index (χ3n) is 5.41. The average molecular weight is 389 g/mol. The van der Waals surface area contributed by atoms with Crippen molar-refractivity contribution in [2.24, 2.45) is 0 Å². The first-order valence-corrected chi connectivity index (χ1v) is 9.47. The summed E-state index contributed by atoms with van der Waals surface area (Å²) in [5.74, 6) is 0.720. The van der Waals surface area contributed by atoms with Crippen LogP contribution in [0.25, 0.3) is 11.5 Å². The van der Waals surface area contributed by atoms with Gasteiger partial charge in [0.1, 0.15) is 17.8 Å². The monoisotopic (exact) mass is 389 g/mol. The van der Waals surface area contributed by atoms with E-state index in [1.54, 1.807) is 36.4 Å². The lowest BCUT2D eigenvalue weighted by Gasteiger charge is -2.15. The average Bonchev–Trinajstić information content (AvgIpc) is 3.38. The predicted molar refractivity (Wildman–Crippen MR) is 105 cm³/mol. The predicted octanol–water partition coefficient (Wildman–Crippen LogP) is 2.93. The zero-order valence-electron chi connectivity index (χ0n) is 16.1. The van der Waals surface area contributed by atoms with Gasteiger partial charge in [0.2, 0.25) is 0 Å². The highest BCUT2D eigenvalue weighted by atomic mass is 16.5. The molecule has 3 aromatic rings. The van der Waals surface area contributed by atoms with Crippen LogP contribution in [0.5, 0.6) is 0 Å². The van der Waals surface area contributed by atoms with Gasteiger partial charge < -0.3 is 9.30 Å². The molecule has 5 rings (SSSR count). The van der Waals surface area contributed by atoms with E-state index in [0.29, 0.717) is 46.6 Å². The third-order valence-corrected chi connectivity index (χ3v) is 5.41. The fraction of sp³-hybridized carbons (Fsp3) is 0.286. The van der Waals surface area contributed by atoms with Gasteiger partial charge in [0.25, 0.3) is 5.91 Å². The minimum absolute atomic E-state index is 0.132. The SMILES string of the molecule is COC(=O)c1cc2c(cc1C)C(=O)N(c1cccc(-c3nncn3C3CC3)n1)C2. The molecule has 3 heterocycles. The van der Waals surface area contributed by atoms with Gasteiger partial charge in [-0.1, -0.05) is 6.07 Å². The molecular weight excluding hydrogens is 370 g/mol. The zero-order chi connectivity index (χ0) is 20.1. The first kappa shape index (κ1) is 17.5. The van der Waals surface area contributed by atoms with E-state index in [9.17, 15) is 9.59 Å². The molecule has 2 aliphatic rings. The lowest BCUT2D eigenvalue weighted by molar-refractivity contribution is 0.0599. The highest BCUT2D eigenvalue weighted by Crippen LogP contribution is 2.37. The molecule has 2 aromatic heterocycles. The maximum atomic E-state index is 13.0. The van der Waals surface area contributed by atoms with E-state index in [2.05, 4.69) is 15.2 Å². The Labute approximate surface area is 167 Å². The first-order valence-electron chi connectivity index (χ1n) is 9.47. The highest BCUT2D eigenvalue weighted by Gasteiger charge is 2.32. The van der Waals surface area contributed by atoms with Crippen molar-refractivity contribution in [3.63, 3.8) is 0 Å². The first-order chi connectivity index (χ1) is 14.1. The number of nitrogens with zero attached hydrogens (tertiary/aromatic N) is 5. The number of aromatic nitrogens is 4. The van der Waals surface area contributed by atoms with Gasteiger partial charge in [-0.05, 0) is 55.2 Å². The molecule has 146 valence electrons. The Bertz CT molecular complexity index is 1150. The van der Waals surface area contributed by atoms with Crippen LogP contribution in [0.2, 0.25) is 0 Å². The number of amides is 1. The van der Waals surface area contributed by atoms with Gasteiger partial charge in [-0.3, -0.25) is 9.69 Å². The number of methoxy groups -OCH3 is 1. The Morgan fingerprint density at radius 3 is 2.83 bits per heavy atom. The Hall–Kier alpha value is -3.55. The normalized spacial score (nSPS) is 15.5. The Kier molecular flexibility index (Phi) is 3.94. The van der Waals surface area contributed by atoms with Gasteiger partial charge in [0.15, 0.2) is 5.82 Å². The van der Waals surface area contributed by atoms with E-state index in [1.807, 2.05) is 16.7 Å². The summed E-state index contributed by atoms with van der Waals surface area (Å²) in [4.78, 5) is 31.3. The topological polar surface area (TPSA) is 90.2 Å². The van der Waals surface area contributed by atoms with Gasteiger partial charge in [0, 0.05) is 11.6 Å². The van der Waals surface area contributed by atoms with Crippen LogP contribution in [0.1, 0.15) is 50.7 Å². The van der Waals surface area contributed by atoms with E-state index in [4.69, 9.17) is 4.74 Å². The summed E-state index contributed by atoms with van der Waals surface area (Å²) < 4.78 is 6.88. The van der Waals surface area contributed by atoms with Crippen molar-refractivity contribution < 1.29 is 14.3 Å². The van der Waals surface area contributed by atoms with Crippen molar-refractivity contribution in [1.82, 2.24) is 19.7 Å². The van der Waals surface area contributed by atoms with Gasteiger partial charge in [-0.2, -0.15) is 0 Å². The number of ether oxygens (including phenoxy) is 1. The molecule has 1 fully saturated rings. The Morgan fingerprint density at radius 1 is 1.24 bits per heavy atom. The number of fused-ring (bicyclic) bond motifs is 1. The smallest absolute Gasteiger partial charge is 0.338 e. The molecule has 8 heteroatoms. The van der Waals surface area contributed by atoms with Crippen LogP contribution in [-0.4, -0.2) is 38.7 Å². The second kappa shape index (κ2) is 6.51. The molecule has 1 aliphatic carbocycles. The number of hydrogen-bond acceptors (Lipinski definition) is 6. The van der Waals surface area contributed by atoms with Crippen LogP contribution < -0.4 is 4.90 Å². The molecule has 0 saturated heterocycles. The van der Waals surface area contributed by atoms with Crippen LogP contribution in [0, 0.1) is 6.92 Å². The minimum Gasteiger partial charge on any atom is -0.465 e. The Balaban J connectivity index is 1.49. The molecule has 0 radical (unpaired) electrons. The summed E-state index contributed by atoms with van der Waals surface area (Å²) >= 11 is 0. The van der Waals surface area contributed by atoms with Crippen LogP contribution in [0.15, 0.2) is 36.7 Å². The van der Waals surface area contributed by atoms with Gasteiger partial charge in [-0.25, -0.2) is 9.78 Å².